The minimum atomic E-state index is 0.0696. The van der Waals surface area contributed by atoms with Crippen LogP contribution in [0.4, 0.5) is 5.95 Å². The molecule has 0 bridgehead atoms. The van der Waals surface area contributed by atoms with Crippen molar-refractivity contribution in [3.8, 4) is 5.88 Å². The highest BCUT2D eigenvalue weighted by atomic mass is 16.5. The molecule has 0 saturated carbocycles. The van der Waals surface area contributed by atoms with Crippen molar-refractivity contribution in [2.45, 2.75) is 20.3 Å². The van der Waals surface area contributed by atoms with E-state index in [1.54, 1.807) is 25.1 Å². The topological polar surface area (TPSA) is 67.3 Å². The van der Waals surface area contributed by atoms with E-state index in [2.05, 4.69) is 15.3 Å². The van der Waals surface area contributed by atoms with Crippen LogP contribution >= 0.6 is 0 Å². The van der Waals surface area contributed by atoms with Gasteiger partial charge in [0, 0.05) is 38.8 Å². The summed E-state index contributed by atoms with van der Waals surface area (Å²) < 4.78 is 5.33. The molecule has 1 N–H and O–H groups in total. The molecular formula is C12H20N4O2. The zero-order chi connectivity index (χ0) is 13.5. The molecule has 0 unspecified atom stereocenters. The van der Waals surface area contributed by atoms with Gasteiger partial charge in [0.25, 0.3) is 0 Å². The maximum absolute atomic E-state index is 11.4. The lowest BCUT2D eigenvalue weighted by Crippen LogP contribution is -2.24. The SMILES string of the molecule is CCOc1cc(C)nc(NCCC(=O)N(C)C)n1. The highest BCUT2D eigenvalue weighted by Gasteiger charge is 2.05. The number of nitrogens with zero attached hydrogens (tertiary/aromatic N) is 3. The van der Waals surface area contributed by atoms with Crippen LogP contribution in [0.5, 0.6) is 5.88 Å². The fourth-order valence-electron chi connectivity index (χ4n) is 1.35. The molecule has 6 nitrogen and oxygen atoms in total. The normalized spacial score (nSPS) is 10.0. The first-order valence-corrected chi connectivity index (χ1v) is 5.95. The Hall–Kier alpha value is -1.85. The molecule has 0 fully saturated rings. The summed E-state index contributed by atoms with van der Waals surface area (Å²) in [5, 5.41) is 3.02. The van der Waals surface area contributed by atoms with Crippen LogP contribution in [0.1, 0.15) is 19.0 Å². The third kappa shape index (κ3) is 4.57. The predicted octanol–water partition coefficient (Wildman–Crippen LogP) is 1.07. The monoisotopic (exact) mass is 252 g/mol. The minimum Gasteiger partial charge on any atom is -0.478 e. The number of carbonyl (C=O) groups is 1. The van der Waals surface area contributed by atoms with Crippen LogP contribution in [-0.2, 0) is 4.79 Å². The van der Waals surface area contributed by atoms with Gasteiger partial charge in [0.05, 0.1) is 6.61 Å². The summed E-state index contributed by atoms with van der Waals surface area (Å²) in [7, 11) is 3.47. The number of nitrogens with one attached hydrogen (secondary N) is 1. The number of anilines is 1. The fourth-order valence-corrected chi connectivity index (χ4v) is 1.35. The first kappa shape index (κ1) is 14.2. The predicted molar refractivity (Wildman–Crippen MR) is 69.7 cm³/mol. The van der Waals surface area contributed by atoms with Gasteiger partial charge in [-0.25, -0.2) is 4.98 Å². The summed E-state index contributed by atoms with van der Waals surface area (Å²) in [6.45, 7) is 4.85. The maximum atomic E-state index is 11.4. The van der Waals surface area contributed by atoms with Crippen LogP contribution < -0.4 is 10.1 Å². The summed E-state index contributed by atoms with van der Waals surface area (Å²) in [6.07, 6.45) is 0.411. The molecule has 0 aliphatic rings. The van der Waals surface area contributed by atoms with Crippen molar-refractivity contribution in [3.05, 3.63) is 11.8 Å². The highest BCUT2D eigenvalue weighted by molar-refractivity contribution is 5.75. The average Bonchev–Trinajstić information content (AvgIpc) is 2.28. The lowest BCUT2D eigenvalue weighted by molar-refractivity contribution is -0.128. The fraction of sp³-hybridized carbons (Fsp3) is 0.583. The number of amides is 1. The van der Waals surface area contributed by atoms with E-state index >= 15 is 0 Å². The lowest BCUT2D eigenvalue weighted by atomic mass is 10.4. The lowest BCUT2D eigenvalue weighted by Gasteiger charge is -2.11. The first-order chi connectivity index (χ1) is 8.52. The van der Waals surface area contributed by atoms with Crippen LogP contribution in [0.2, 0.25) is 0 Å². The Morgan fingerprint density at radius 1 is 1.44 bits per heavy atom. The van der Waals surface area contributed by atoms with E-state index in [1.807, 2.05) is 13.8 Å². The van der Waals surface area contributed by atoms with E-state index in [4.69, 9.17) is 4.74 Å². The third-order valence-corrected chi connectivity index (χ3v) is 2.24. The molecule has 0 aromatic carbocycles. The van der Waals surface area contributed by atoms with Gasteiger partial charge < -0.3 is 15.0 Å². The van der Waals surface area contributed by atoms with E-state index in [-0.39, 0.29) is 5.91 Å². The Bertz CT molecular complexity index is 407. The molecule has 0 saturated heterocycles. The Labute approximate surface area is 107 Å². The van der Waals surface area contributed by atoms with E-state index < -0.39 is 0 Å². The Kier molecular flexibility index (Phi) is 5.35. The molecule has 1 amide bonds. The van der Waals surface area contributed by atoms with Crippen LogP contribution in [0.3, 0.4) is 0 Å². The van der Waals surface area contributed by atoms with Gasteiger partial charge in [-0.2, -0.15) is 4.98 Å². The van der Waals surface area contributed by atoms with Crippen molar-refractivity contribution in [3.63, 3.8) is 0 Å². The van der Waals surface area contributed by atoms with Gasteiger partial charge in [-0.1, -0.05) is 0 Å². The Morgan fingerprint density at radius 2 is 2.17 bits per heavy atom. The summed E-state index contributed by atoms with van der Waals surface area (Å²) in [5.41, 5.74) is 0.829. The third-order valence-electron chi connectivity index (χ3n) is 2.24. The van der Waals surface area contributed by atoms with Gasteiger partial charge in [-0.05, 0) is 13.8 Å². The second kappa shape index (κ2) is 6.78. The quantitative estimate of drug-likeness (QED) is 0.820. The van der Waals surface area contributed by atoms with E-state index in [9.17, 15) is 4.79 Å². The second-order valence-corrected chi connectivity index (χ2v) is 4.07. The van der Waals surface area contributed by atoms with Crippen molar-refractivity contribution in [1.29, 1.82) is 0 Å². The Balaban J connectivity index is 2.54. The molecule has 0 atom stereocenters. The molecule has 1 aromatic heterocycles. The van der Waals surface area contributed by atoms with Crippen LogP contribution in [0, 0.1) is 6.92 Å². The number of aryl methyl sites for hydroxylation is 1. The Morgan fingerprint density at radius 3 is 2.78 bits per heavy atom. The molecule has 0 spiro atoms. The van der Waals surface area contributed by atoms with E-state index in [0.29, 0.717) is 31.4 Å². The highest BCUT2D eigenvalue weighted by Crippen LogP contribution is 2.11. The zero-order valence-corrected chi connectivity index (χ0v) is 11.4. The summed E-state index contributed by atoms with van der Waals surface area (Å²) in [4.78, 5) is 21.4. The molecule has 0 aliphatic carbocycles. The van der Waals surface area contributed by atoms with Crippen molar-refractivity contribution >= 4 is 11.9 Å². The molecule has 1 aromatic rings. The van der Waals surface area contributed by atoms with Crippen LogP contribution in [0.15, 0.2) is 6.07 Å². The minimum absolute atomic E-state index is 0.0696. The van der Waals surface area contributed by atoms with Crippen molar-refractivity contribution in [2.24, 2.45) is 0 Å². The van der Waals surface area contributed by atoms with Gasteiger partial charge in [0.2, 0.25) is 17.7 Å². The number of rotatable bonds is 6. The smallest absolute Gasteiger partial charge is 0.226 e. The number of hydrogen-bond acceptors (Lipinski definition) is 5. The summed E-state index contributed by atoms with van der Waals surface area (Å²) >= 11 is 0. The molecule has 6 heteroatoms. The van der Waals surface area contributed by atoms with Crippen molar-refractivity contribution in [2.75, 3.05) is 32.6 Å². The molecule has 100 valence electrons. The van der Waals surface area contributed by atoms with Gasteiger partial charge in [0.1, 0.15) is 0 Å². The number of carbonyl (C=O) groups excluding carboxylic acids is 1. The molecule has 0 radical (unpaired) electrons. The summed E-state index contributed by atoms with van der Waals surface area (Å²) in [5.74, 6) is 1.11. The number of ether oxygens (including phenoxy) is 1. The molecule has 1 heterocycles. The van der Waals surface area contributed by atoms with E-state index in [1.165, 1.54) is 0 Å². The number of hydrogen-bond donors (Lipinski definition) is 1. The molecular weight excluding hydrogens is 232 g/mol. The van der Waals surface area contributed by atoms with Crippen LogP contribution in [-0.4, -0.2) is 48.0 Å². The number of aromatic nitrogens is 2. The maximum Gasteiger partial charge on any atom is 0.226 e. The standard InChI is InChI=1S/C12H20N4O2/c1-5-18-10-8-9(2)14-12(15-10)13-7-6-11(17)16(3)4/h8H,5-7H2,1-4H3,(H,13,14,15). The van der Waals surface area contributed by atoms with Crippen molar-refractivity contribution < 1.29 is 9.53 Å². The van der Waals surface area contributed by atoms with Crippen LogP contribution in [0.25, 0.3) is 0 Å². The molecule has 1 rings (SSSR count). The first-order valence-electron chi connectivity index (χ1n) is 5.95. The summed E-state index contributed by atoms with van der Waals surface area (Å²) in [6, 6.07) is 1.78. The van der Waals surface area contributed by atoms with Crippen molar-refractivity contribution in [1.82, 2.24) is 14.9 Å². The largest absolute Gasteiger partial charge is 0.478 e. The average molecular weight is 252 g/mol. The molecule has 0 aliphatic heterocycles. The molecule has 18 heavy (non-hydrogen) atoms. The second-order valence-electron chi connectivity index (χ2n) is 4.07. The van der Waals surface area contributed by atoms with Gasteiger partial charge in [-0.3, -0.25) is 4.79 Å². The van der Waals surface area contributed by atoms with Gasteiger partial charge in [0.15, 0.2) is 0 Å². The zero-order valence-electron chi connectivity index (χ0n) is 11.4. The van der Waals surface area contributed by atoms with Gasteiger partial charge in [-0.15, -0.1) is 0 Å². The van der Waals surface area contributed by atoms with E-state index in [0.717, 1.165) is 5.69 Å². The van der Waals surface area contributed by atoms with Gasteiger partial charge >= 0.3 is 0 Å².